The molecule has 1 heterocycles. The zero-order valence-corrected chi connectivity index (χ0v) is 14.6. The molecule has 0 bridgehead atoms. The summed E-state index contributed by atoms with van der Waals surface area (Å²) in [5.41, 5.74) is 0. The Kier molecular flexibility index (Phi) is 6.46. The van der Waals surface area contributed by atoms with Crippen molar-refractivity contribution in [1.29, 1.82) is 0 Å². The van der Waals surface area contributed by atoms with Gasteiger partial charge < -0.3 is 14.8 Å². The average Bonchev–Trinajstić information content (AvgIpc) is 2.57. The minimum atomic E-state index is -0.249. The molecule has 0 spiro atoms. The van der Waals surface area contributed by atoms with Crippen LogP contribution in [-0.4, -0.2) is 24.0 Å². The first-order valence-electron chi connectivity index (χ1n) is 7.13. The predicted molar refractivity (Wildman–Crippen MR) is 94.1 cm³/mol. The van der Waals surface area contributed by atoms with E-state index in [-0.39, 0.29) is 17.9 Å². The van der Waals surface area contributed by atoms with Gasteiger partial charge in [-0.25, -0.2) is 4.98 Å². The summed E-state index contributed by atoms with van der Waals surface area (Å²) < 4.78 is 11.3. The second-order valence-corrected chi connectivity index (χ2v) is 5.65. The summed E-state index contributed by atoms with van der Waals surface area (Å²) in [4.78, 5) is 15.2. The van der Waals surface area contributed by atoms with E-state index in [1.807, 2.05) is 6.92 Å². The Morgan fingerprint density at radius 2 is 1.92 bits per heavy atom. The lowest BCUT2D eigenvalue weighted by atomic mass is 10.3. The van der Waals surface area contributed by atoms with Crippen molar-refractivity contribution >= 4 is 29.1 Å². The standard InChI is InChI=1S/C17H16Cl2N2O3/c1-11(3-8-16(22)20-2)23-13-4-6-14(7-5-13)24-17-15(19)9-12(18)10-21-17/h3-11H,1-2H3,(H,20,22)/b8-3+. The molecule has 1 N–H and O–H groups in total. The van der Waals surface area contributed by atoms with E-state index >= 15 is 0 Å². The van der Waals surface area contributed by atoms with E-state index in [1.165, 1.54) is 12.3 Å². The van der Waals surface area contributed by atoms with Gasteiger partial charge in [-0.1, -0.05) is 23.2 Å². The predicted octanol–water partition coefficient (Wildman–Crippen LogP) is 4.25. The highest BCUT2D eigenvalue weighted by atomic mass is 35.5. The van der Waals surface area contributed by atoms with E-state index in [0.717, 1.165) is 0 Å². The van der Waals surface area contributed by atoms with Crippen LogP contribution in [0.4, 0.5) is 0 Å². The lowest BCUT2D eigenvalue weighted by molar-refractivity contribution is -0.116. The smallest absolute Gasteiger partial charge is 0.243 e. The molecule has 0 aliphatic carbocycles. The topological polar surface area (TPSA) is 60.5 Å². The number of halogens is 2. The molecular weight excluding hydrogens is 351 g/mol. The van der Waals surface area contributed by atoms with Crippen molar-refractivity contribution in [2.45, 2.75) is 13.0 Å². The SMILES string of the molecule is CNC(=O)/C=C/C(C)Oc1ccc(Oc2ncc(Cl)cc2Cl)cc1. The van der Waals surface area contributed by atoms with Crippen LogP contribution in [0, 0.1) is 0 Å². The molecule has 24 heavy (non-hydrogen) atoms. The molecule has 1 aromatic heterocycles. The number of carbonyl (C=O) groups excluding carboxylic acids is 1. The minimum absolute atomic E-state index is 0.179. The van der Waals surface area contributed by atoms with Crippen molar-refractivity contribution in [3.8, 4) is 17.4 Å². The molecule has 2 aromatic rings. The Bertz CT molecular complexity index is 733. The molecule has 2 rings (SSSR count). The van der Waals surface area contributed by atoms with Gasteiger partial charge in [0.25, 0.3) is 0 Å². The fourth-order valence-electron chi connectivity index (χ4n) is 1.74. The Labute approximate surface area is 150 Å². The van der Waals surface area contributed by atoms with E-state index in [0.29, 0.717) is 21.5 Å². The Balaban J connectivity index is 1.97. The van der Waals surface area contributed by atoms with Crippen LogP contribution in [0.1, 0.15) is 6.92 Å². The third-order valence-corrected chi connectivity index (χ3v) is 3.38. The zero-order valence-electron chi connectivity index (χ0n) is 13.1. The lowest BCUT2D eigenvalue weighted by Crippen LogP contribution is -2.16. The summed E-state index contributed by atoms with van der Waals surface area (Å²) in [5, 5.41) is 3.27. The van der Waals surface area contributed by atoms with E-state index in [4.69, 9.17) is 32.7 Å². The number of benzene rings is 1. The van der Waals surface area contributed by atoms with Crippen molar-refractivity contribution < 1.29 is 14.3 Å². The van der Waals surface area contributed by atoms with Gasteiger partial charge >= 0.3 is 0 Å². The van der Waals surface area contributed by atoms with Gasteiger partial charge in [0.1, 0.15) is 22.6 Å². The third kappa shape index (κ3) is 5.44. The first-order chi connectivity index (χ1) is 11.5. The largest absolute Gasteiger partial charge is 0.487 e. The maximum atomic E-state index is 11.1. The van der Waals surface area contributed by atoms with Gasteiger partial charge in [0, 0.05) is 19.3 Å². The molecule has 0 saturated carbocycles. The molecule has 1 atom stereocenters. The van der Waals surface area contributed by atoms with Gasteiger partial charge in [-0.05, 0) is 43.3 Å². The Morgan fingerprint density at radius 1 is 1.25 bits per heavy atom. The quantitative estimate of drug-likeness (QED) is 0.776. The Morgan fingerprint density at radius 3 is 2.54 bits per heavy atom. The number of rotatable bonds is 6. The van der Waals surface area contributed by atoms with Crippen LogP contribution >= 0.6 is 23.2 Å². The van der Waals surface area contributed by atoms with E-state index in [2.05, 4.69) is 10.3 Å². The second-order valence-electron chi connectivity index (χ2n) is 4.81. The van der Waals surface area contributed by atoms with Crippen LogP contribution in [0.2, 0.25) is 10.0 Å². The fraction of sp³-hybridized carbons (Fsp3) is 0.176. The van der Waals surface area contributed by atoms with Crippen LogP contribution in [0.15, 0.2) is 48.7 Å². The Hall–Kier alpha value is -2.24. The molecule has 0 aliphatic heterocycles. The van der Waals surface area contributed by atoms with Gasteiger partial charge in [0.05, 0.1) is 5.02 Å². The van der Waals surface area contributed by atoms with Crippen molar-refractivity contribution in [2.75, 3.05) is 7.05 Å². The van der Waals surface area contributed by atoms with Crippen molar-refractivity contribution in [1.82, 2.24) is 10.3 Å². The second kappa shape index (κ2) is 8.57. The fourth-order valence-corrected chi connectivity index (χ4v) is 2.15. The van der Waals surface area contributed by atoms with Crippen LogP contribution in [0.5, 0.6) is 17.4 Å². The first-order valence-corrected chi connectivity index (χ1v) is 7.89. The molecule has 7 heteroatoms. The molecule has 5 nitrogen and oxygen atoms in total. The van der Waals surface area contributed by atoms with Crippen LogP contribution in [0.3, 0.4) is 0 Å². The molecule has 0 fully saturated rings. The third-order valence-electron chi connectivity index (χ3n) is 2.90. The summed E-state index contributed by atoms with van der Waals surface area (Å²) in [7, 11) is 1.57. The summed E-state index contributed by atoms with van der Waals surface area (Å²) in [6.07, 6.45) is 4.30. The molecule has 0 saturated heterocycles. The summed E-state index contributed by atoms with van der Waals surface area (Å²) in [5.74, 6) is 1.30. The van der Waals surface area contributed by atoms with Gasteiger partial charge in [0.15, 0.2) is 0 Å². The van der Waals surface area contributed by atoms with E-state index in [9.17, 15) is 4.79 Å². The van der Waals surface area contributed by atoms with Crippen molar-refractivity contribution in [3.63, 3.8) is 0 Å². The first kappa shape index (κ1) is 18.1. The van der Waals surface area contributed by atoms with E-state index < -0.39 is 0 Å². The molecule has 1 unspecified atom stereocenters. The number of carbonyl (C=O) groups is 1. The highest BCUT2D eigenvalue weighted by Crippen LogP contribution is 2.29. The molecule has 126 valence electrons. The number of nitrogens with one attached hydrogen (secondary N) is 1. The highest BCUT2D eigenvalue weighted by Gasteiger charge is 2.07. The average molecular weight is 367 g/mol. The molecule has 0 aliphatic rings. The maximum Gasteiger partial charge on any atom is 0.243 e. The normalized spacial score (nSPS) is 12.0. The van der Waals surface area contributed by atoms with Crippen LogP contribution < -0.4 is 14.8 Å². The summed E-state index contributed by atoms with van der Waals surface area (Å²) >= 11 is 11.8. The number of likely N-dealkylation sites (N-methyl/N-ethyl adjacent to an activating group) is 1. The van der Waals surface area contributed by atoms with Crippen molar-refractivity contribution in [2.24, 2.45) is 0 Å². The van der Waals surface area contributed by atoms with Gasteiger partial charge in [-0.3, -0.25) is 4.79 Å². The molecule has 1 amide bonds. The van der Waals surface area contributed by atoms with E-state index in [1.54, 1.807) is 43.5 Å². The number of pyridine rings is 1. The number of aromatic nitrogens is 1. The van der Waals surface area contributed by atoms with Crippen molar-refractivity contribution in [3.05, 3.63) is 58.7 Å². The van der Waals surface area contributed by atoms with Gasteiger partial charge in [-0.2, -0.15) is 0 Å². The number of hydrogen-bond acceptors (Lipinski definition) is 4. The lowest BCUT2D eigenvalue weighted by Gasteiger charge is -2.12. The van der Waals surface area contributed by atoms with Gasteiger partial charge in [0.2, 0.25) is 11.8 Å². The molecular formula is C17H16Cl2N2O3. The van der Waals surface area contributed by atoms with Gasteiger partial charge in [-0.15, -0.1) is 0 Å². The number of ether oxygens (including phenoxy) is 2. The monoisotopic (exact) mass is 366 g/mol. The molecule has 1 aromatic carbocycles. The number of hydrogen-bond donors (Lipinski definition) is 1. The van der Waals surface area contributed by atoms with Crippen LogP contribution in [0.25, 0.3) is 0 Å². The highest BCUT2D eigenvalue weighted by molar-refractivity contribution is 6.35. The zero-order chi connectivity index (χ0) is 17.5. The number of amides is 1. The minimum Gasteiger partial charge on any atom is -0.487 e. The molecule has 0 radical (unpaired) electrons. The maximum absolute atomic E-state index is 11.1. The summed E-state index contributed by atoms with van der Waals surface area (Å²) in [6, 6.07) is 8.53. The number of nitrogens with zero attached hydrogens (tertiary/aromatic N) is 1. The summed E-state index contributed by atoms with van der Waals surface area (Å²) in [6.45, 7) is 1.83. The van der Waals surface area contributed by atoms with Crippen LogP contribution in [-0.2, 0) is 4.79 Å².